The number of esters is 1. The number of carbonyl (C=O) groups is 1. The molecule has 0 bridgehead atoms. The second-order valence-electron chi connectivity index (χ2n) is 3.34. The van der Waals surface area contributed by atoms with E-state index in [1.54, 1.807) is 6.07 Å². The van der Waals surface area contributed by atoms with E-state index in [0.29, 0.717) is 6.61 Å². The summed E-state index contributed by atoms with van der Waals surface area (Å²) in [6.07, 6.45) is 0. The maximum Gasteiger partial charge on any atom is 0.328 e. The van der Waals surface area contributed by atoms with Crippen LogP contribution in [-0.2, 0) is 9.53 Å². The first-order chi connectivity index (χ1) is 7.60. The fourth-order valence-corrected chi connectivity index (χ4v) is 1.61. The molecule has 1 unspecified atom stereocenters. The second kappa shape index (κ2) is 5.75. The summed E-state index contributed by atoms with van der Waals surface area (Å²) in [5.74, 6) is 0.352. The lowest BCUT2D eigenvalue weighted by atomic mass is 10.1. The van der Waals surface area contributed by atoms with Crippen LogP contribution in [0.4, 0.5) is 0 Å². The van der Waals surface area contributed by atoms with Crippen molar-refractivity contribution < 1.29 is 14.3 Å². The van der Waals surface area contributed by atoms with E-state index in [0.717, 1.165) is 16.9 Å². The van der Waals surface area contributed by atoms with Crippen molar-refractivity contribution in [2.45, 2.75) is 19.2 Å². The monoisotopic (exact) mass is 242 g/mol. The normalized spacial score (nSPS) is 12.0. The summed E-state index contributed by atoms with van der Waals surface area (Å²) >= 11 is 5.94. The van der Waals surface area contributed by atoms with Gasteiger partial charge < -0.3 is 9.47 Å². The average molecular weight is 243 g/mol. The second-order valence-corrected chi connectivity index (χ2v) is 3.78. The van der Waals surface area contributed by atoms with Crippen LogP contribution >= 0.6 is 11.6 Å². The molecule has 0 saturated carbocycles. The lowest BCUT2D eigenvalue weighted by Crippen LogP contribution is -2.09. The molecule has 1 atom stereocenters. The van der Waals surface area contributed by atoms with Gasteiger partial charge in [-0.25, -0.2) is 0 Å². The van der Waals surface area contributed by atoms with Gasteiger partial charge in [0.05, 0.1) is 13.7 Å². The molecule has 16 heavy (non-hydrogen) atoms. The molecule has 3 nitrogen and oxygen atoms in total. The number of hydrogen-bond donors (Lipinski definition) is 0. The maximum absolute atomic E-state index is 11.2. The molecule has 0 aliphatic heterocycles. The predicted molar refractivity (Wildman–Crippen MR) is 63.0 cm³/mol. The van der Waals surface area contributed by atoms with Crippen LogP contribution in [-0.4, -0.2) is 19.7 Å². The molecule has 0 aliphatic rings. The Hall–Kier alpha value is -1.22. The van der Waals surface area contributed by atoms with Gasteiger partial charge in [-0.15, -0.1) is 11.6 Å². The summed E-state index contributed by atoms with van der Waals surface area (Å²) in [6, 6.07) is 5.42. The molecular weight excluding hydrogens is 228 g/mol. The van der Waals surface area contributed by atoms with Crippen molar-refractivity contribution >= 4 is 17.6 Å². The number of ether oxygens (including phenoxy) is 2. The van der Waals surface area contributed by atoms with Gasteiger partial charge in [0.2, 0.25) is 0 Å². The SMILES string of the molecule is CCOc1ccc(C(Cl)C(=O)OC)cc1C. The van der Waals surface area contributed by atoms with E-state index in [4.69, 9.17) is 16.3 Å². The Labute approximate surface area is 100 Å². The van der Waals surface area contributed by atoms with Crippen LogP contribution in [0, 0.1) is 6.92 Å². The van der Waals surface area contributed by atoms with Crippen LogP contribution in [0.25, 0.3) is 0 Å². The lowest BCUT2D eigenvalue weighted by molar-refractivity contribution is -0.140. The van der Waals surface area contributed by atoms with Crippen molar-refractivity contribution in [3.63, 3.8) is 0 Å². The Kier molecular flexibility index (Phi) is 4.62. The standard InChI is InChI=1S/C12H15ClO3/c1-4-16-10-6-5-9(7-8(10)2)11(13)12(14)15-3/h5-7,11H,4H2,1-3H3. The third kappa shape index (κ3) is 2.89. The van der Waals surface area contributed by atoms with Crippen LogP contribution < -0.4 is 4.74 Å². The van der Waals surface area contributed by atoms with Crippen molar-refractivity contribution in [2.75, 3.05) is 13.7 Å². The van der Waals surface area contributed by atoms with E-state index in [1.165, 1.54) is 7.11 Å². The molecule has 0 N–H and O–H groups in total. The minimum absolute atomic E-state index is 0.453. The largest absolute Gasteiger partial charge is 0.494 e. The van der Waals surface area contributed by atoms with E-state index in [9.17, 15) is 4.79 Å². The Morgan fingerprint density at radius 1 is 1.50 bits per heavy atom. The molecule has 88 valence electrons. The van der Waals surface area contributed by atoms with Crippen LogP contribution in [0.2, 0.25) is 0 Å². The molecule has 0 aromatic heterocycles. The molecular formula is C12H15ClO3. The summed E-state index contributed by atoms with van der Waals surface area (Å²) in [6.45, 7) is 4.45. The first kappa shape index (κ1) is 12.8. The number of halogens is 1. The van der Waals surface area contributed by atoms with E-state index in [2.05, 4.69) is 4.74 Å². The summed E-state index contributed by atoms with van der Waals surface area (Å²) in [5, 5.41) is -0.764. The maximum atomic E-state index is 11.2. The third-order valence-electron chi connectivity index (χ3n) is 2.20. The van der Waals surface area contributed by atoms with E-state index < -0.39 is 11.3 Å². The summed E-state index contributed by atoms with van der Waals surface area (Å²) in [5.41, 5.74) is 1.67. The minimum Gasteiger partial charge on any atom is -0.494 e. The zero-order chi connectivity index (χ0) is 12.1. The Balaban J connectivity index is 2.92. The Morgan fingerprint density at radius 3 is 2.69 bits per heavy atom. The van der Waals surface area contributed by atoms with Crippen molar-refractivity contribution in [1.82, 2.24) is 0 Å². The molecule has 1 aromatic carbocycles. The first-order valence-corrected chi connectivity index (χ1v) is 5.49. The molecule has 0 radical (unpaired) electrons. The highest BCUT2D eigenvalue weighted by atomic mass is 35.5. The summed E-state index contributed by atoms with van der Waals surface area (Å²) in [4.78, 5) is 11.2. The fraction of sp³-hybridized carbons (Fsp3) is 0.417. The highest BCUT2D eigenvalue weighted by molar-refractivity contribution is 6.29. The van der Waals surface area contributed by atoms with E-state index >= 15 is 0 Å². The van der Waals surface area contributed by atoms with Crippen molar-refractivity contribution in [2.24, 2.45) is 0 Å². The molecule has 0 fully saturated rings. The highest BCUT2D eigenvalue weighted by Gasteiger charge is 2.18. The molecule has 0 amide bonds. The van der Waals surface area contributed by atoms with Crippen LogP contribution in [0.1, 0.15) is 23.4 Å². The number of rotatable bonds is 4. The predicted octanol–water partition coefficient (Wildman–Crippen LogP) is 2.85. The van der Waals surface area contributed by atoms with Crippen LogP contribution in [0.3, 0.4) is 0 Å². The van der Waals surface area contributed by atoms with Crippen LogP contribution in [0.15, 0.2) is 18.2 Å². The van der Waals surface area contributed by atoms with Gasteiger partial charge in [-0.1, -0.05) is 12.1 Å². The third-order valence-corrected chi connectivity index (χ3v) is 2.63. The van der Waals surface area contributed by atoms with Gasteiger partial charge in [-0.05, 0) is 31.0 Å². The number of alkyl halides is 1. The van der Waals surface area contributed by atoms with Gasteiger partial charge in [0, 0.05) is 0 Å². The summed E-state index contributed by atoms with van der Waals surface area (Å²) < 4.78 is 9.98. The van der Waals surface area contributed by atoms with Crippen molar-refractivity contribution in [1.29, 1.82) is 0 Å². The smallest absolute Gasteiger partial charge is 0.328 e. The minimum atomic E-state index is -0.764. The molecule has 4 heteroatoms. The molecule has 1 rings (SSSR count). The number of methoxy groups -OCH3 is 1. The summed E-state index contributed by atoms with van der Waals surface area (Å²) in [7, 11) is 1.32. The number of aryl methyl sites for hydroxylation is 1. The van der Waals surface area contributed by atoms with Crippen molar-refractivity contribution in [3.05, 3.63) is 29.3 Å². The highest BCUT2D eigenvalue weighted by Crippen LogP contribution is 2.27. The Bertz CT molecular complexity index is 377. The fourth-order valence-electron chi connectivity index (χ4n) is 1.39. The molecule has 0 heterocycles. The molecule has 0 spiro atoms. The molecule has 1 aromatic rings. The van der Waals surface area contributed by atoms with Gasteiger partial charge in [0.15, 0.2) is 5.38 Å². The lowest BCUT2D eigenvalue weighted by Gasteiger charge is -2.11. The zero-order valence-corrected chi connectivity index (χ0v) is 10.4. The van der Waals surface area contributed by atoms with Gasteiger partial charge in [-0.3, -0.25) is 4.79 Å². The van der Waals surface area contributed by atoms with Gasteiger partial charge >= 0.3 is 5.97 Å². The van der Waals surface area contributed by atoms with Gasteiger partial charge in [-0.2, -0.15) is 0 Å². The molecule has 0 saturated heterocycles. The zero-order valence-electron chi connectivity index (χ0n) is 9.62. The quantitative estimate of drug-likeness (QED) is 0.602. The number of hydrogen-bond acceptors (Lipinski definition) is 3. The van der Waals surface area contributed by atoms with Crippen molar-refractivity contribution in [3.8, 4) is 5.75 Å². The van der Waals surface area contributed by atoms with E-state index in [-0.39, 0.29) is 0 Å². The van der Waals surface area contributed by atoms with Crippen LogP contribution in [0.5, 0.6) is 5.75 Å². The topological polar surface area (TPSA) is 35.5 Å². The van der Waals surface area contributed by atoms with E-state index in [1.807, 2.05) is 26.0 Å². The number of benzene rings is 1. The number of carbonyl (C=O) groups excluding carboxylic acids is 1. The first-order valence-electron chi connectivity index (χ1n) is 5.05. The molecule has 0 aliphatic carbocycles. The average Bonchev–Trinajstić information content (AvgIpc) is 2.30. The van der Waals surface area contributed by atoms with Gasteiger partial charge in [0.1, 0.15) is 5.75 Å². The Morgan fingerprint density at radius 2 is 2.19 bits per heavy atom. The van der Waals surface area contributed by atoms with Gasteiger partial charge in [0.25, 0.3) is 0 Å².